The average Bonchev–Trinajstić information content (AvgIpc) is 2.71. The zero-order valence-electron chi connectivity index (χ0n) is 16.1. The van der Waals surface area contributed by atoms with Crippen molar-refractivity contribution in [1.82, 2.24) is 0 Å². The lowest BCUT2D eigenvalue weighted by Gasteiger charge is -2.36. The Morgan fingerprint density at radius 3 is 2.29 bits per heavy atom. The van der Waals surface area contributed by atoms with Crippen LogP contribution in [0.1, 0.15) is 22.3 Å². The SMILES string of the molecule is Cc1cc2c(cc1C)N(Cc1ccccc1)[C@H](C#Cc1ccccc1)C(=O)N2. The Balaban J connectivity index is 1.78. The summed E-state index contributed by atoms with van der Waals surface area (Å²) in [6.07, 6.45) is 0. The highest BCUT2D eigenvalue weighted by atomic mass is 16.2. The molecule has 0 saturated carbocycles. The highest BCUT2D eigenvalue weighted by Gasteiger charge is 2.32. The molecule has 0 saturated heterocycles. The topological polar surface area (TPSA) is 32.3 Å². The molecule has 1 aliphatic heterocycles. The van der Waals surface area contributed by atoms with Crippen LogP contribution in [0.2, 0.25) is 0 Å². The number of amides is 1. The van der Waals surface area contributed by atoms with Crippen molar-refractivity contribution in [3.05, 3.63) is 95.1 Å². The number of rotatable bonds is 2. The van der Waals surface area contributed by atoms with Gasteiger partial charge in [-0.3, -0.25) is 4.79 Å². The zero-order valence-corrected chi connectivity index (χ0v) is 16.1. The summed E-state index contributed by atoms with van der Waals surface area (Å²) in [5, 5.41) is 3.05. The van der Waals surface area contributed by atoms with E-state index >= 15 is 0 Å². The van der Waals surface area contributed by atoms with Gasteiger partial charge in [0, 0.05) is 12.1 Å². The number of hydrogen-bond donors (Lipinski definition) is 1. The third-order valence-corrected chi connectivity index (χ3v) is 5.06. The third kappa shape index (κ3) is 3.63. The van der Waals surface area contributed by atoms with E-state index in [9.17, 15) is 4.79 Å². The number of nitrogens with one attached hydrogen (secondary N) is 1. The van der Waals surface area contributed by atoms with Crippen LogP contribution in [-0.2, 0) is 11.3 Å². The highest BCUT2D eigenvalue weighted by Crippen LogP contribution is 2.35. The molecule has 1 heterocycles. The maximum Gasteiger partial charge on any atom is 0.259 e. The quantitative estimate of drug-likeness (QED) is 0.668. The average molecular weight is 366 g/mol. The van der Waals surface area contributed by atoms with Crippen LogP contribution in [0, 0.1) is 25.7 Å². The van der Waals surface area contributed by atoms with Crippen LogP contribution in [0.3, 0.4) is 0 Å². The van der Waals surface area contributed by atoms with Gasteiger partial charge in [-0.05, 0) is 54.8 Å². The first-order valence-corrected chi connectivity index (χ1v) is 9.41. The molecule has 1 amide bonds. The second-order valence-corrected chi connectivity index (χ2v) is 7.09. The number of hydrogen-bond acceptors (Lipinski definition) is 2. The van der Waals surface area contributed by atoms with Crippen molar-refractivity contribution in [2.45, 2.75) is 26.4 Å². The molecule has 1 aliphatic rings. The maximum atomic E-state index is 12.9. The maximum absolute atomic E-state index is 12.9. The van der Waals surface area contributed by atoms with Gasteiger partial charge in [0.05, 0.1) is 11.4 Å². The van der Waals surface area contributed by atoms with E-state index in [4.69, 9.17) is 0 Å². The Morgan fingerprint density at radius 1 is 0.929 bits per heavy atom. The van der Waals surface area contributed by atoms with Crippen molar-refractivity contribution in [1.29, 1.82) is 0 Å². The zero-order chi connectivity index (χ0) is 19.5. The van der Waals surface area contributed by atoms with Gasteiger partial charge < -0.3 is 10.2 Å². The molecule has 28 heavy (non-hydrogen) atoms. The van der Waals surface area contributed by atoms with E-state index in [-0.39, 0.29) is 5.91 Å². The summed E-state index contributed by atoms with van der Waals surface area (Å²) >= 11 is 0. The van der Waals surface area contributed by atoms with E-state index in [2.05, 4.69) is 54.1 Å². The van der Waals surface area contributed by atoms with E-state index in [0.717, 1.165) is 28.1 Å². The molecular weight excluding hydrogens is 344 g/mol. The summed E-state index contributed by atoms with van der Waals surface area (Å²) in [7, 11) is 0. The van der Waals surface area contributed by atoms with Gasteiger partial charge in [0.15, 0.2) is 6.04 Å². The van der Waals surface area contributed by atoms with E-state index in [1.165, 1.54) is 5.56 Å². The third-order valence-electron chi connectivity index (χ3n) is 5.06. The first-order chi connectivity index (χ1) is 13.6. The van der Waals surface area contributed by atoms with Gasteiger partial charge >= 0.3 is 0 Å². The molecule has 0 aromatic heterocycles. The van der Waals surface area contributed by atoms with Crippen molar-refractivity contribution in [3.8, 4) is 11.8 Å². The van der Waals surface area contributed by atoms with Gasteiger partial charge in [0.25, 0.3) is 5.91 Å². The summed E-state index contributed by atoms with van der Waals surface area (Å²) in [5.41, 5.74) is 6.27. The molecule has 138 valence electrons. The number of carbonyl (C=O) groups is 1. The monoisotopic (exact) mass is 366 g/mol. The fourth-order valence-corrected chi connectivity index (χ4v) is 3.39. The number of aryl methyl sites for hydroxylation is 2. The molecule has 0 aliphatic carbocycles. The predicted molar refractivity (Wildman–Crippen MR) is 114 cm³/mol. The van der Waals surface area contributed by atoms with Crippen molar-refractivity contribution < 1.29 is 4.79 Å². The van der Waals surface area contributed by atoms with Gasteiger partial charge in [-0.1, -0.05) is 60.4 Å². The lowest BCUT2D eigenvalue weighted by atomic mass is 10.0. The van der Waals surface area contributed by atoms with Crippen molar-refractivity contribution in [2.75, 3.05) is 10.2 Å². The lowest BCUT2D eigenvalue weighted by molar-refractivity contribution is -0.116. The van der Waals surface area contributed by atoms with Gasteiger partial charge in [-0.2, -0.15) is 0 Å². The van der Waals surface area contributed by atoms with E-state index in [1.807, 2.05) is 54.6 Å². The first-order valence-electron chi connectivity index (χ1n) is 9.41. The molecule has 0 bridgehead atoms. The van der Waals surface area contributed by atoms with E-state index < -0.39 is 6.04 Å². The molecule has 3 heteroatoms. The summed E-state index contributed by atoms with van der Waals surface area (Å²) in [5.74, 6) is 6.27. The van der Waals surface area contributed by atoms with Crippen molar-refractivity contribution in [2.24, 2.45) is 0 Å². The molecule has 3 aromatic carbocycles. The fraction of sp³-hybridized carbons (Fsp3) is 0.160. The standard InChI is InChI=1S/C25H22N2O/c1-18-15-22-24(16-19(18)2)27(17-21-11-7-4-8-12-21)23(25(28)26-22)14-13-20-9-5-3-6-10-20/h3-12,15-16,23H,17H2,1-2H3,(H,26,28)/t23-/m1/s1. The minimum absolute atomic E-state index is 0.0879. The summed E-state index contributed by atoms with van der Waals surface area (Å²) in [6, 6.07) is 23.6. The highest BCUT2D eigenvalue weighted by molar-refractivity contribution is 6.05. The minimum Gasteiger partial charge on any atom is -0.344 e. The second kappa shape index (κ2) is 7.62. The smallest absolute Gasteiger partial charge is 0.259 e. The molecule has 0 fully saturated rings. The van der Waals surface area contributed by atoms with Crippen LogP contribution in [0.15, 0.2) is 72.8 Å². The number of nitrogens with zero attached hydrogens (tertiary/aromatic N) is 1. The predicted octanol–water partition coefficient (Wildman–Crippen LogP) is 4.68. The van der Waals surface area contributed by atoms with Crippen LogP contribution in [0.4, 0.5) is 11.4 Å². The molecule has 1 N–H and O–H groups in total. The molecule has 0 unspecified atom stereocenters. The minimum atomic E-state index is -0.546. The normalized spacial score (nSPS) is 15.3. The number of anilines is 2. The lowest BCUT2D eigenvalue weighted by Crippen LogP contribution is -2.47. The van der Waals surface area contributed by atoms with Gasteiger partial charge in [-0.15, -0.1) is 0 Å². The van der Waals surface area contributed by atoms with Crippen LogP contribution >= 0.6 is 0 Å². The Morgan fingerprint density at radius 2 is 1.57 bits per heavy atom. The summed E-state index contributed by atoms with van der Waals surface area (Å²) in [4.78, 5) is 15.0. The van der Waals surface area contributed by atoms with Crippen LogP contribution in [0.25, 0.3) is 0 Å². The summed E-state index contributed by atoms with van der Waals surface area (Å²) < 4.78 is 0. The van der Waals surface area contributed by atoms with Gasteiger partial charge in [0.2, 0.25) is 0 Å². The number of fused-ring (bicyclic) bond motifs is 1. The fourth-order valence-electron chi connectivity index (χ4n) is 3.39. The molecule has 1 atom stereocenters. The number of benzene rings is 3. The second-order valence-electron chi connectivity index (χ2n) is 7.09. The molecule has 4 rings (SSSR count). The van der Waals surface area contributed by atoms with Crippen LogP contribution in [-0.4, -0.2) is 11.9 Å². The molecule has 0 spiro atoms. The molecular formula is C25H22N2O. The first kappa shape index (κ1) is 17.9. The van der Waals surface area contributed by atoms with Crippen molar-refractivity contribution >= 4 is 17.3 Å². The van der Waals surface area contributed by atoms with Crippen molar-refractivity contribution in [3.63, 3.8) is 0 Å². The largest absolute Gasteiger partial charge is 0.344 e. The van der Waals surface area contributed by atoms with E-state index in [0.29, 0.717) is 6.54 Å². The number of carbonyl (C=O) groups excluding carboxylic acids is 1. The summed E-state index contributed by atoms with van der Waals surface area (Å²) in [6.45, 7) is 4.78. The molecule has 3 nitrogen and oxygen atoms in total. The molecule has 3 aromatic rings. The molecule has 0 radical (unpaired) electrons. The Bertz CT molecular complexity index is 1060. The Labute approximate surface area is 166 Å². The Kier molecular flexibility index (Phi) is 4.87. The Hall–Kier alpha value is -3.51. The van der Waals surface area contributed by atoms with Gasteiger partial charge in [-0.25, -0.2) is 0 Å². The van der Waals surface area contributed by atoms with Crippen LogP contribution < -0.4 is 10.2 Å². The van der Waals surface area contributed by atoms with Gasteiger partial charge in [0.1, 0.15) is 0 Å². The van der Waals surface area contributed by atoms with E-state index in [1.54, 1.807) is 0 Å². The van der Waals surface area contributed by atoms with Crippen LogP contribution in [0.5, 0.6) is 0 Å².